The third-order valence-corrected chi connectivity index (χ3v) is 5.78. The lowest BCUT2D eigenvalue weighted by Gasteiger charge is -2.36. The van der Waals surface area contributed by atoms with Crippen LogP contribution < -0.4 is 15.1 Å². The predicted molar refractivity (Wildman–Crippen MR) is 117 cm³/mol. The lowest BCUT2D eigenvalue weighted by Crippen LogP contribution is -2.51. The normalized spacial score (nSPS) is 17.0. The van der Waals surface area contributed by atoms with E-state index in [1.54, 1.807) is 12.4 Å². The summed E-state index contributed by atoms with van der Waals surface area (Å²) in [7, 11) is 0. The Hall–Kier alpha value is -3.48. The summed E-state index contributed by atoms with van der Waals surface area (Å²) in [5, 5.41) is 3.08. The fourth-order valence-corrected chi connectivity index (χ4v) is 4.28. The van der Waals surface area contributed by atoms with E-state index in [1.807, 2.05) is 48.4 Å². The summed E-state index contributed by atoms with van der Waals surface area (Å²) in [6.07, 6.45) is 7.09. The number of nitrogens with zero attached hydrogens (tertiary/aromatic N) is 5. The molecule has 2 aliphatic rings. The van der Waals surface area contributed by atoms with Crippen molar-refractivity contribution in [2.24, 2.45) is 0 Å². The average Bonchev–Trinajstić information content (AvgIpc) is 3.18. The largest absolute Gasteiger partial charge is 0.366 e. The van der Waals surface area contributed by atoms with Gasteiger partial charge in [-0.3, -0.25) is 14.9 Å². The van der Waals surface area contributed by atoms with Crippen LogP contribution in [-0.2, 0) is 6.42 Å². The van der Waals surface area contributed by atoms with Crippen molar-refractivity contribution in [3.05, 3.63) is 66.2 Å². The fraction of sp³-hybridized carbons (Fsp3) is 0.304. The van der Waals surface area contributed by atoms with E-state index >= 15 is 0 Å². The van der Waals surface area contributed by atoms with Crippen molar-refractivity contribution >= 4 is 17.5 Å². The van der Waals surface area contributed by atoms with Gasteiger partial charge in [0.05, 0.1) is 17.4 Å². The molecule has 7 nitrogen and oxygen atoms in total. The molecule has 5 heterocycles. The van der Waals surface area contributed by atoms with Crippen LogP contribution in [0.2, 0.25) is 0 Å². The number of amides is 2. The summed E-state index contributed by atoms with van der Waals surface area (Å²) in [5.41, 5.74) is 4.95. The number of carbonyl (C=O) groups excluding carboxylic acids is 1. The average molecular weight is 400 g/mol. The van der Waals surface area contributed by atoms with Gasteiger partial charge in [-0.25, -0.2) is 9.78 Å². The monoisotopic (exact) mass is 400 g/mol. The Bertz CT molecular complexity index is 1070. The van der Waals surface area contributed by atoms with Gasteiger partial charge in [-0.2, -0.15) is 0 Å². The summed E-state index contributed by atoms with van der Waals surface area (Å²) in [6, 6.07) is 12.1. The van der Waals surface area contributed by atoms with Gasteiger partial charge < -0.3 is 10.2 Å². The quantitative estimate of drug-likeness (QED) is 0.728. The number of hydrogen-bond donors (Lipinski definition) is 1. The maximum absolute atomic E-state index is 13.2. The standard InChI is InChI=1S/C23H24N6O/c1-16-13-18(7-11-25-16)20-4-5-21-22(27-20)29(19-8-12-28(21)15-19)23(30)26-10-6-17-3-2-9-24-14-17/h2-5,7,9,11,13-14,19H,6,8,10,12,15H2,1H3,(H,26,30)/t19-/m0/s1. The lowest BCUT2D eigenvalue weighted by molar-refractivity contribution is 0.244. The lowest BCUT2D eigenvalue weighted by atomic mass is 10.1. The Morgan fingerprint density at radius 3 is 3.00 bits per heavy atom. The van der Waals surface area contributed by atoms with Gasteiger partial charge in [0.15, 0.2) is 5.82 Å². The summed E-state index contributed by atoms with van der Waals surface area (Å²) in [4.78, 5) is 30.7. The van der Waals surface area contributed by atoms with Crippen LogP contribution in [0.1, 0.15) is 17.7 Å². The van der Waals surface area contributed by atoms with E-state index in [1.165, 1.54) is 0 Å². The van der Waals surface area contributed by atoms with E-state index < -0.39 is 0 Å². The van der Waals surface area contributed by atoms with Crippen molar-refractivity contribution in [1.29, 1.82) is 0 Å². The third kappa shape index (κ3) is 3.47. The number of anilines is 2. The molecule has 2 bridgehead atoms. The minimum absolute atomic E-state index is 0.0813. The molecule has 1 fully saturated rings. The number of rotatable bonds is 4. The van der Waals surface area contributed by atoms with E-state index in [-0.39, 0.29) is 12.1 Å². The van der Waals surface area contributed by atoms with Gasteiger partial charge in [-0.1, -0.05) is 6.07 Å². The molecule has 2 aliphatic heterocycles. The third-order valence-electron chi connectivity index (χ3n) is 5.78. The Balaban J connectivity index is 1.40. The first-order valence-corrected chi connectivity index (χ1v) is 10.3. The van der Waals surface area contributed by atoms with Gasteiger partial charge in [-0.15, -0.1) is 0 Å². The van der Waals surface area contributed by atoms with E-state index in [0.29, 0.717) is 6.54 Å². The van der Waals surface area contributed by atoms with Gasteiger partial charge in [0.1, 0.15) is 0 Å². The first kappa shape index (κ1) is 18.5. The molecule has 3 aromatic rings. The van der Waals surface area contributed by atoms with Crippen molar-refractivity contribution in [3.63, 3.8) is 0 Å². The molecule has 1 saturated heterocycles. The van der Waals surface area contributed by atoms with Gasteiger partial charge >= 0.3 is 6.03 Å². The molecule has 3 aromatic heterocycles. The molecular formula is C23H24N6O. The summed E-state index contributed by atoms with van der Waals surface area (Å²) >= 11 is 0. The minimum atomic E-state index is -0.0813. The topological polar surface area (TPSA) is 74.2 Å². The van der Waals surface area contributed by atoms with Crippen molar-refractivity contribution in [2.75, 3.05) is 29.4 Å². The van der Waals surface area contributed by atoms with E-state index in [0.717, 1.165) is 60.0 Å². The Kier molecular flexibility index (Phi) is 4.78. The zero-order valence-corrected chi connectivity index (χ0v) is 17.0. The highest BCUT2D eigenvalue weighted by Gasteiger charge is 2.40. The summed E-state index contributed by atoms with van der Waals surface area (Å²) in [6.45, 7) is 4.34. The van der Waals surface area contributed by atoms with Crippen LogP contribution >= 0.6 is 0 Å². The summed E-state index contributed by atoms with van der Waals surface area (Å²) < 4.78 is 0. The van der Waals surface area contributed by atoms with Gasteiger partial charge in [-0.05, 0) is 55.7 Å². The van der Waals surface area contributed by atoms with Crippen LogP contribution in [0.5, 0.6) is 0 Å². The molecule has 2 amide bonds. The SMILES string of the molecule is Cc1cc(-c2ccc3c(n2)N(C(=O)NCCc2cccnc2)[C@H]2CCN3C2)ccn1. The predicted octanol–water partition coefficient (Wildman–Crippen LogP) is 3.20. The molecule has 0 saturated carbocycles. The van der Waals surface area contributed by atoms with Gasteiger partial charge in [0.25, 0.3) is 0 Å². The Morgan fingerprint density at radius 2 is 2.17 bits per heavy atom. The smallest absolute Gasteiger partial charge is 0.323 e. The van der Waals surface area contributed by atoms with Crippen LogP contribution in [0.3, 0.4) is 0 Å². The Labute approximate surface area is 175 Å². The maximum Gasteiger partial charge on any atom is 0.323 e. The van der Waals surface area contributed by atoms with E-state index in [9.17, 15) is 4.79 Å². The molecule has 0 aromatic carbocycles. The van der Waals surface area contributed by atoms with Gasteiger partial charge in [0, 0.05) is 49.5 Å². The highest BCUT2D eigenvalue weighted by atomic mass is 16.2. The number of nitrogens with one attached hydrogen (secondary N) is 1. The van der Waals surface area contributed by atoms with Crippen LogP contribution in [0.4, 0.5) is 16.3 Å². The second-order valence-electron chi connectivity index (χ2n) is 7.83. The molecule has 30 heavy (non-hydrogen) atoms. The highest BCUT2D eigenvalue weighted by molar-refractivity contribution is 5.97. The molecule has 0 unspecified atom stereocenters. The summed E-state index contributed by atoms with van der Waals surface area (Å²) in [5.74, 6) is 0.745. The van der Waals surface area contributed by atoms with Crippen molar-refractivity contribution < 1.29 is 4.79 Å². The highest BCUT2D eigenvalue weighted by Crippen LogP contribution is 2.40. The molecule has 1 N–H and O–H groups in total. The van der Waals surface area contributed by atoms with Crippen molar-refractivity contribution in [1.82, 2.24) is 20.3 Å². The second kappa shape index (κ2) is 7.74. The zero-order valence-electron chi connectivity index (χ0n) is 17.0. The van der Waals surface area contributed by atoms with Crippen molar-refractivity contribution in [2.45, 2.75) is 25.8 Å². The number of fused-ring (bicyclic) bond motifs is 4. The molecular weight excluding hydrogens is 376 g/mol. The first-order chi connectivity index (χ1) is 14.7. The molecule has 0 aliphatic carbocycles. The molecule has 0 spiro atoms. The number of aromatic nitrogens is 3. The van der Waals surface area contributed by atoms with E-state index in [2.05, 4.69) is 26.3 Å². The second-order valence-corrected chi connectivity index (χ2v) is 7.83. The molecule has 5 rings (SSSR count). The molecule has 7 heteroatoms. The zero-order chi connectivity index (χ0) is 20.5. The van der Waals surface area contributed by atoms with Crippen LogP contribution in [-0.4, -0.2) is 46.7 Å². The number of carbonyl (C=O) groups is 1. The first-order valence-electron chi connectivity index (χ1n) is 10.3. The number of aryl methyl sites for hydroxylation is 1. The molecule has 1 atom stereocenters. The number of pyridine rings is 3. The minimum Gasteiger partial charge on any atom is -0.366 e. The molecule has 0 radical (unpaired) electrons. The van der Waals surface area contributed by atoms with Crippen LogP contribution in [0.25, 0.3) is 11.3 Å². The van der Waals surface area contributed by atoms with Crippen molar-refractivity contribution in [3.8, 4) is 11.3 Å². The fourth-order valence-electron chi connectivity index (χ4n) is 4.28. The number of urea groups is 1. The number of hydrogen-bond acceptors (Lipinski definition) is 5. The Morgan fingerprint density at radius 1 is 1.23 bits per heavy atom. The maximum atomic E-state index is 13.2. The van der Waals surface area contributed by atoms with Crippen LogP contribution in [0.15, 0.2) is 55.0 Å². The molecule has 152 valence electrons. The van der Waals surface area contributed by atoms with E-state index in [4.69, 9.17) is 4.98 Å². The van der Waals surface area contributed by atoms with Gasteiger partial charge in [0.2, 0.25) is 0 Å². The van der Waals surface area contributed by atoms with Crippen LogP contribution in [0, 0.1) is 6.92 Å².